The van der Waals surface area contributed by atoms with Gasteiger partial charge in [0.2, 0.25) is 0 Å². The Hall–Kier alpha value is -0.380. The van der Waals surface area contributed by atoms with Gasteiger partial charge in [-0.3, -0.25) is 0 Å². The van der Waals surface area contributed by atoms with E-state index in [2.05, 4.69) is 19.1 Å². The summed E-state index contributed by atoms with van der Waals surface area (Å²) in [5.74, 6) is 0. The zero-order chi connectivity index (χ0) is 14.1. The number of aryl methyl sites for hydroxylation is 2. The van der Waals surface area contributed by atoms with Crippen molar-refractivity contribution < 1.29 is 5.11 Å². The Kier molecular flexibility index (Phi) is 7.66. The van der Waals surface area contributed by atoms with Crippen molar-refractivity contribution in [1.29, 1.82) is 0 Å². The second kappa shape index (κ2) is 8.72. The lowest BCUT2D eigenvalue weighted by atomic mass is 9.98. The van der Waals surface area contributed by atoms with Crippen LogP contribution in [0, 0.1) is 0 Å². The summed E-state index contributed by atoms with van der Waals surface area (Å²) in [6.07, 6.45) is 9.76. The zero-order valence-corrected chi connectivity index (χ0v) is 13.3. The Morgan fingerprint density at radius 2 is 1.74 bits per heavy atom. The van der Waals surface area contributed by atoms with Crippen LogP contribution in [0.2, 0.25) is 0 Å². The molecule has 0 radical (unpaired) electrons. The van der Waals surface area contributed by atoms with Crippen molar-refractivity contribution in [2.75, 3.05) is 6.61 Å². The first-order valence-electron chi connectivity index (χ1n) is 7.55. The highest BCUT2D eigenvalue weighted by molar-refractivity contribution is 7.11. The lowest BCUT2D eigenvalue weighted by Gasteiger charge is -2.20. The van der Waals surface area contributed by atoms with Gasteiger partial charge in [0, 0.05) is 15.3 Å². The highest BCUT2D eigenvalue weighted by Crippen LogP contribution is 2.22. The van der Waals surface area contributed by atoms with E-state index in [4.69, 9.17) is 10.8 Å². The van der Waals surface area contributed by atoms with E-state index in [0.717, 1.165) is 12.8 Å². The number of thiophene rings is 1. The molecule has 0 saturated carbocycles. The van der Waals surface area contributed by atoms with E-state index in [9.17, 15) is 0 Å². The van der Waals surface area contributed by atoms with Crippen molar-refractivity contribution in [3.63, 3.8) is 0 Å². The van der Waals surface area contributed by atoms with Gasteiger partial charge in [0.1, 0.15) is 0 Å². The molecule has 1 unspecified atom stereocenters. The Labute approximate surface area is 122 Å². The molecule has 3 N–H and O–H groups in total. The van der Waals surface area contributed by atoms with Crippen molar-refractivity contribution in [2.45, 2.75) is 70.8 Å². The van der Waals surface area contributed by atoms with Crippen LogP contribution < -0.4 is 5.73 Å². The fraction of sp³-hybridized carbons (Fsp3) is 0.750. The number of hydrogen-bond donors (Lipinski definition) is 2. The average Bonchev–Trinajstić information content (AvgIpc) is 2.84. The molecule has 110 valence electrons. The third kappa shape index (κ3) is 7.09. The molecule has 0 bridgehead atoms. The van der Waals surface area contributed by atoms with Gasteiger partial charge in [0.25, 0.3) is 0 Å². The highest BCUT2D eigenvalue weighted by Gasteiger charge is 2.16. The molecule has 0 spiro atoms. The third-order valence-electron chi connectivity index (χ3n) is 3.55. The first-order valence-corrected chi connectivity index (χ1v) is 8.36. The number of rotatable bonds is 10. The summed E-state index contributed by atoms with van der Waals surface area (Å²) in [4.78, 5) is 2.89. The summed E-state index contributed by atoms with van der Waals surface area (Å²) in [5, 5.41) is 9.14. The minimum absolute atomic E-state index is 0.0582. The van der Waals surface area contributed by atoms with Crippen LogP contribution in [0.5, 0.6) is 0 Å². The van der Waals surface area contributed by atoms with Gasteiger partial charge >= 0.3 is 0 Å². The molecule has 0 aromatic carbocycles. The van der Waals surface area contributed by atoms with E-state index in [1.807, 2.05) is 18.3 Å². The molecule has 3 heteroatoms. The topological polar surface area (TPSA) is 46.2 Å². The van der Waals surface area contributed by atoms with Gasteiger partial charge in [-0.15, -0.1) is 11.3 Å². The normalized spacial score (nSPS) is 14.5. The van der Waals surface area contributed by atoms with E-state index in [-0.39, 0.29) is 6.61 Å². The average molecular weight is 283 g/mol. The third-order valence-corrected chi connectivity index (χ3v) is 4.75. The van der Waals surface area contributed by atoms with E-state index in [0.29, 0.717) is 0 Å². The van der Waals surface area contributed by atoms with Crippen molar-refractivity contribution >= 4 is 11.3 Å². The Bertz CT molecular complexity index is 346. The maximum Gasteiger partial charge on any atom is 0.0608 e. The van der Waals surface area contributed by atoms with E-state index >= 15 is 0 Å². The van der Waals surface area contributed by atoms with Crippen molar-refractivity contribution in [3.05, 3.63) is 21.9 Å². The largest absolute Gasteiger partial charge is 0.394 e. The number of aliphatic hydroxyl groups excluding tert-OH is 1. The molecular weight excluding hydrogens is 254 g/mol. The molecule has 2 nitrogen and oxygen atoms in total. The molecule has 1 heterocycles. The summed E-state index contributed by atoms with van der Waals surface area (Å²) >= 11 is 1.91. The van der Waals surface area contributed by atoms with Crippen LogP contribution in [0.4, 0.5) is 0 Å². The number of aliphatic hydroxyl groups is 1. The van der Waals surface area contributed by atoms with Crippen molar-refractivity contribution in [2.24, 2.45) is 5.73 Å². The fourth-order valence-electron chi connectivity index (χ4n) is 2.08. The molecule has 19 heavy (non-hydrogen) atoms. The molecule has 1 aromatic rings. The number of nitrogens with two attached hydrogens (primary N) is 1. The van der Waals surface area contributed by atoms with Gasteiger partial charge in [0.15, 0.2) is 0 Å². The molecular formula is C16H29NOS. The van der Waals surface area contributed by atoms with Crippen LogP contribution in [0.15, 0.2) is 12.1 Å². The smallest absolute Gasteiger partial charge is 0.0608 e. The van der Waals surface area contributed by atoms with E-state index < -0.39 is 5.54 Å². The van der Waals surface area contributed by atoms with Gasteiger partial charge in [-0.25, -0.2) is 0 Å². The SMILES string of the molecule is CCCCCCCc1ccc(CCC(C)(N)CO)s1. The summed E-state index contributed by atoms with van der Waals surface area (Å²) in [6, 6.07) is 4.48. The molecule has 1 atom stereocenters. The monoisotopic (exact) mass is 283 g/mol. The predicted molar refractivity (Wildman–Crippen MR) is 84.8 cm³/mol. The maximum absolute atomic E-state index is 9.14. The van der Waals surface area contributed by atoms with E-state index in [1.165, 1.54) is 48.3 Å². The lowest BCUT2D eigenvalue weighted by Crippen LogP contribution is -2.40. The van der Waals surface area contributed by atoms with Crippen molar-refractivity contribution in [3.8, 4) is 0 Å². The second-order valence-corrected chi connectivity index (χ2v) is 7.10. The summed E-state index contributed by atoms with van der Waals surface area (Å²) in [5.41, 5.74) is 5.51. The lowest BCUT2D eigenvalue weighted by molar-refractivity contribution is 0.201. The minimum Gasteiger partial charge on any atom is -0.394 e. The molecule has 0 fully saturated rings. The summed E-state index contributed by atoms with van der Waals surface area (Å²) in [7, 11) is 0. The fourth-order valence-corrected chi connectivity index (χ4v) is 3.14. The van der Waals surface area contributed by atoms with E-state index in [1.54, 1.807) is 0 Å². The van der Waals surface area contributed by atoms with Gasteiger partial charge < -0.3 is 10.8 Å². The standard InChI is InChI=1S/C16H29NOS/c1-3-4-5-6-7-8-14-9-10-15(19-14)11-12-16(2,17)13-18/h9-10,18H,3-8,11-13,17H2,1-2H3. The zero-order valence-electron chi connectivity index (χ0n) is 12.5. The summed E-state index contributed by atoms with van der Waals surface area (Å²) in [6.45, 7) is 4.22. The molecule has 1 rings (SSSR count). The summed E-state index contributed by atoms with van der Waals surface area (Å²) < 4.78 is 0. The van der Waals surface area contributed by atoms with Gasteiger partial charge in [-0.05, 0) is 44.7 Å². The molecule has 0 aliphatic heterocycles. The molecule has 0 aliphatic rings. The minimum atomic E-state index is -0.440. The van der Waals surface area contributed by atoms with Gasteiger partial charge in [-0.2, -0.15) is 0 Å². The van der Waals surface area contributed by atoms with Crippen molar-refractivity contribution in [1.82, 2.24) is 0 Å². The number of hydrogen-bond acceptors (Lipinski definition) is 3. The first kappa shape index (κ1) is 16.7. The number of unbranched alkanes of at least 4 members (excludes halogenated alkanes) is 4. The predicted octanol–water partition coefficient (Wildman–Crippen LogP) is 3.90. The second-order valence-electron chi connectivity index (χ2n) is 5.84. The van der Waals surface area contributed by atoms with Gasteiger partial charge in [-0.1, -0.05) is 32.6 Å². The van der Waals surface area contributed by atoms with Crippen LogP contribution in [0.1, 0.15) is 62.1 Å². The molecule has 0 saturated heterocycles. The maximum atomic E-state index is 9.14. The Morgan fingerprint density at radius 1 is 1.11 bits per heavy atom. The molecule has 1 aromatic heterocycles. The first-order chi connectivity index (χ1) is 9.07. The quantitative estimate of drug-likeness (QED) is 0.640. The molecule has 0 amide bonds. The molecule has 0 aliphatic carbocycles. The van der Waals surface area contributed by atoms with Crippen LogP contribution in [0.25, 0.3) is 0 Å². The van der Waals surface area contributed by atoms with Crippen LogP contribution in [0.3, 0.4) is 0 Å². The Morgan fingerprint density at radius 3 is 2.37 bits per heavy atom. The van der Waals surface area contributed by atoms with Crippen LogP contribution >= 0.6 is 11.3 Å². The van der Waals surface area contributed by atoms with Gasteiger partial charge in [0.05, 0.1) is 6.61 Å². The van der Waals surface area contributed by atoms with Crippen LogP contribution in [-0.4, -0.2) is 17.3 Å². The highest BCUT2D eigenvalue weighted by atomic mass is 32.1. The van der Waals surface area contributed by atoms with Crippen LogP contribution in [-0.2, 0) is 12.8 Å². The Balaban J connectivity index is 2.24.